The Labute approximate surface area is 201 Å². The first kappa shape index (κ1) is 24.9. The van der Waals surface area contributed by atoms with Gasteiger partial charge in [-0.3, -0.25) is 14.4 Å². The van der Waals surface area contributed by atoms with Gasteiger partial charge in [0.1, 0.15) is 17.6 Å². The van der Waals surface area contributed by atoms with Crippen molar-refractivity contribution in [2.75, 3.05) is 26.3 Å². The molecule has 4 heterocycles. The van der Waals surface area contributed by atoms with Crippen LogP contribution in [0.5, 0.6) is 0 Å². The Morgan fingerprint density at radius 1 is 1.12 bits per heavy atom. The molecule has 0 aromatic carbocycles. The third-order valence-electron chi connectivity index (χ3n) is 7.89. The van der Waals surface area contributed by atoms with Crippen LogP contribution in [0.25, 0.3) is 0 Å². The number of likely N-dealkylation sites (tertiary alicyclic amines) is 1. The van der Waals surface area contributed by atoms with Crippen LogP contribution in [0.3, 0.4) is 0 Å². The van der Waals surface area contributed by atoms with Gasteiger partial charge in [0.15, 0.2) is 0 Å². The summed E-state index contributed by atoms with van der Waals surface area (Å²) in [6, 6.07) is -1.51. The summed E-state index contributed by atoms with van der Waals surface area (Å²) in [5.74, 6) is -2.86. The van der Waals surface area contributed by atoms with Crippen molar-refractivity contribution >= 4 is 17.8 Å². The molecule has 1 N–H and O–H groups in total. The van der Waals surface area contributed by atoms with Gasteiger partial charge in [0, 0.05) is 13.1 Å². The third kappa shape index (κ3) is 3.79. The minimum Gasteiger partial charge on any atom is -0.465 e. The van der Waals surface area contributed by atoms with Crippen LogP contribution in [0.2, 0.25) is 0 Å². The topological polar surface area (TPSA) is 96.4 Å². The van der Waals surface area contributed by atoms with E-state index in [9.17, 15) is 19.5 Å². The van der Waals surface area contributed by atoms with Gasteiger partial charge >= 0.3 is 5.97 Å². The summed E-state index contributed by atoms with van der Waals surface area (Å²) in [5, 5.41) is 10.3. The molecular formula is C26H38N2O6. The zero-order valence-corrected chi connectivity index (χ0v) is 20.7. The van der Waals surface area contributed by atoms with Crippen molar-refractivity contribution in [2.24, 2.45) is 17.8 Å². The number of cyclic esters (lactones) is 1. The number of hydrogen-bond acceptors (Lipinski definition) is 6. The van der Waals surface area contributed by atoms with E-state index in [1.807, 2.05) is 38.2 Å². The number of carbonyl (C=O) groups excluding carboxylic acids is 3. The van der Waals surface area contributed by atoms with Gasteiger partial charge in [0.05, 0.1) is 30.8 Å². The molecule has 4 aliphatic rings. The van der Waals surface area contributed by atoms with E-state index >= 15 is 0 Å². The largest absolute Gasteiger partial charge is 0.465 e. The molecule has 34 heavy (non-hydrogen) atoms. The highest BCUT2D eigenvalue weighted by Crippen LogP contribution is 2.57. The molecule has 0 bridgehead atoms. The Morgan fingerprint density at radius 2 is 1.88 bits per heavy atom. The minimum absolute atomic E-state index is 0.0889. The second kappa shape index (κ2) is 9.46. The van der Waals surface area contributed by atoms with Crippen LogP contribution in [0.15, 0.2) is 24.3 Å². The molecule has 8 nitrogen and oxygen atoms in total. The molecule has 6 atom stereocenters. The first-order valence-electron chi connectivity index (χ1n) is 12.7. The molecular weight excluding hydrogens is 436 g/mol. The number of esters is 1. The van der Waals surface area contributed by atoms with Gasteiger partial charge in [-0.1, -0.05) is 57.9 Å². The quantitative estimate of drug-likeness (QED) is 0.345. The van der Waals surface area contributed by atoms with Gasteiger partial charge < -0.3 is 24.4 Å². The highest BCUT2D eigenvalue weighted by atomic mass is 16.6. The van der Waals surface area contributed by atoms with E-state index in [0.29, 0.717) is 19.5 Å². The van der Waals surface area contributed by atoms with Crippen LogP contribution in [0.4, 0.5) is 0 Å². The molecule has 0 radical (unpaired) electrons. The summed E-state index contributed by atoms with van der Waals surface area (Å²) in [6.45, 7) is 8.73. The van der Waals surface area contributed by atoms with Crippen molar-refractivity contribution in [1.82, 2.24) is 9.80 Å². The van der Waals surface area contributed by atoms with E-state index in [0.717, 1.165) is 19.3 Å². The molecule has 1 spiro atoms. The lowest BCUT2D eigenvalue weighted by atomic mass is 9.74. The lowest BCUT2D eigenvalue weighted by molar-refractivity contribution is -0.162. The molecule has 0 aromatic rings. The summed E-state index contributed by atoms with van der Waals surface area (Å²) < 4.78 is 12.2. The second-order valence-electron chi connectivity index (χ2n) is 10.5. The van der Waals surface area contributed by atoms with E-state index in [4.69, 9.17) is 9.47 Å². The van der Waals surface area contributed by atoms with Crippen LogP contribution in [-0.2, 0) is 23.9 Å². The van der Waals surface area contributed by atoms with E-state index in [2.05, 4.69) is 6.92 Å². The second-order valence-corrected chi connectivity index (χ2v) is 10.5. The molecule has 0 saturated carbocycles. The van der Waals surface area contributed by atoms with E-state index in [-0.39, 0.29) is 30.9 Å². The average molecular weight is 475 g/mol. The lowest BCUT2D eigenvalue weighted by Gasteiger charge is -2.41. The number of hydrogen-bond donors (Lipinski definition) is 1. The fourth-order valence-electron chi connectivity index (χ4n) is 6.21. The van der Waals surface area contributed by atoms with Crippen molar-refractivity contribution in [2.45, 2.75) is 76.7 Å². The molecule has 4 aliphatic heterocycles. The maximum atomic E-state index is 14.1. The fraction of sp³-hybridized carbons (Fsp3) is 0.731. The molecule has 8 heteroatoms. The van der Waals surface area contributed by atoms with E-state index in [1.54, 1.807) is 11.8 Å². The maximum absolute atomic E-state index is 14.1. The van der Waals surface area contributed by atoms with Gasteiger partial charge in [-0.15, -0.1) is 0 Å². The Morgan fingerprint density at radius 3 is 2.56 bits per heavy atom. The van der Waals surface area contributed by atoms with Crippen molar-refractivity contribution < 1.29 is 29.0 Å². The number of carbonyl (C=O) groups is 3. The fourth-order valence-corrected chi connectivity index (χ4v) is 6.21. The Bertz CT molecular complexity index is 885. The molecule has 0 aromatic heterocycles. The summed E-state index contributed by atoms with van der Waals surface area (Å²) in [4.78, 5) is 44.7. The first-order chi connectivity index (χ1) is 16.2. The maximum Gasteiger partial charge on any atom is 0.313 e. The van der Waals surface area contributed by atoms with Gasteiger partial charge in [0.25, 0.3) is 0 Å². The number of nitrogens with zero attached hydrogens (tertiary/aromatic N) is 2. The molecule has 4 rings (SSSR count). The summed E-state index contributed by atoms with van der Waals surface area (Å²) in [5.41, 5.74) is -2.38. The number of amides is 2. The smallest absolute Gasteiger partial charge is 0.313 e. The minimum atomic E-state index is -1.30. The summed E-state index contributed by atoms with van der Waals surface area (Å²) >= 11 is 0. The number of rotatable bonds is 7. The van der Waals surface area contributed by atoms with Crippen molar-refractivity contribution in [1.29, 1.82) is 0 Å². The zero-order chi connectivity index (χ0) is 24.7. The average Bonchev–Trinajstić information content (AvgIpc) is 3.10. The molecule has 0 aliphatic carbocycles. The molecule has 2 fully saturated rings. The van der Waals surface area contributed by atoms with Gasteiger partial charge in [-0.25, -0.2) is 0 Å². The van der Waals surface area contributed by atoms with Crippen LogP contribution in [0.1, 0.15) is 53.4 Å². The SMILES string of the molecule is CCCCCN1CC=C[C@]23O[C@]4(C)C=CCCOC(=O)[C@@H]4[C@H]2C(=O)N([C@@H](CO)C(C)C)C3C1=O. The van der Waals surface area contributed by atoms with Gasteiger partial charge in [-0.2, -0.15) is 0 Å². The van der Waals surface area contributed by atoms with Crippen molar-refractivity contribution in [3.63, 3.8) is 0 Å². The summed E-state index contributed by atoms with van der Waals surface area (Å²) in [7, 11) is 0. The molecule has 2 saturated heterocycles. The zero-order valence-electron chi connectivity index (χ0n) is 20.7. The van der Waals surface area contributed by atoms with Gasteiger partial charge in [-0.05, 0) is 25.7 Å². The van der Waals surface area contributed by atoms with Gasteiger partial charge in [0.2, 0.25) is 11.8 Å². The monoisotopic (exact) mass is 474 g/mol. The number of fused-ring (bicyclic) bond motifs is 2. The number of aliphatic hydroxyl groups is 1. The molecule has 188 valence electrons. The van der Waals surface area contributed by atoms with Crippen LogP contribution >= 0.6 is 0 Å². The predicted octanol–water partition coefficient (Wildman–Crippen LogP) is 2.07. The Hall–Kier alpha value is -2.19. The standard InChI is InChI=1S/C26H38N2O6/c1-5-6-8-13-27-14-10-12-26-19(20-24(32)33-15-9-7-11-25(20,4)34-26)22(30)28(21(26)23(27)31)18(16-29)17(2)3/h7,10-12,17-21,29H,5-6,8-9,13-16H2,1-4H3/t18-,19-,20-,21?,25+,26-/m0/s1. The summed E-state index contributed by atoms with van der Waals surface area (Å²) in [6.07, 6.45) is 11.0. The van der Waals surface area contributed by atoms with Crippen molar-refractivity contribution in [3.8, 4) is 0 Å². The van der Waals surface area contributed by atoms with E-state index in [1.165, 1.54) is 4.90 Å². The molecule has 2 amide bonds. The predicted molar refractivity (Wildman–Crippen MR) is 126 cm³/mol. The normalized spacial score (nSPS) is 36.1. The highest BCUT2D eigenvalue weighted by molar-refractivity contribution is 5.99. The third-order valence-corrected chi connectivity index (χ3v) is 7.89. The van der Waals surface area contributed by atoms with E-state index < -0.39 is 41.1 Å². The lowest BCUT2D eigenvalue weighted by Crippen LogP contribution is -2.59. The van der Waals surface area contributed by atoms with Crippen LogP contribution < -0.4 is 0 Å². The number of ether oxygens (including phenoxy) is 2. The Balaban J connectivity index is 1.84. The van der Waals surface area contributed by atoms with Crippen molar-refractivity contribution in [3.05, 3.63) is 24.3 Å². The number of unbranched alkanes of at least 4 members (excludes halogenated alkanes) is 2. The number of aliphatic hydroxyl groups excluding tert-OH is 1. The highest BCUT2D eigenvalue weighted by Gasteiger charge is 2.75. The first-order valence-corrected chi connectivity index (χ1v) is 12.7. The Kier molecular flexibility index (Phi) is 6.93. The van der Waals surface area contributed by atoms with Crippen LogP contribution in [0, 0.1) is 17.8 Å². The van der Waals surface area contributed by atoms with Crippen LogP contribution in [-0.4, -0.2) is 82.3 Å². The molecule has 1 unspecified atom stereocenters.